The van der Waals surface area contributed by atoms with Gasteiger partial charge in [0, 0.05) is 25.6 Å². The number of aromatic nitrogens is 2. The standard InChI is InChI=1S/C4H8N2O.C3H4N2.ClH/c1-3-6(2)4(5)7;1-2-5-3-4-1;/h3H,1H2,2H3,(H2,5,7);1-3H,(H,4,5);1H. The smallest absolute Gasteiger partial charge is 0.318 e. The molecule has 2 amide bonds. The van der Waals surface area contributed by atoms with Crippen LogP contribution in [0.3, 0.4) is 0 Å². The van der Waals surface area contributed by atoms with Crippen LogP contribution < -0.4 is 5.73 Å². The lowest BCUT2D eigenvalue weighted by atomic mass is 10.8. The second kappa shape index (κ2) is 8.61. The van der Waals surface area contributed by atoms with Crippen molar-refractivity contribution in [1.82, 2.24) is 14.9 Å². The fourth-order valence-electron chi connectivity index (χ4n) is 0.305. The number of primary amides is 1. The number of nitrogens with zero attached hydrogens (tertiary/aromatic N) is 2. The fraction of sp³-hybridized carbons (Fsp3) is 0.143. The molecule has 0 saturated heterocycles. The predicted octanol–water partition coefficient (Wildman–Crippen LogP) is 0.972. The molecule has 1 aromatic heterocycles. The molecule has 3 N–H and O–H groups in total. The third kappa shape index (κ3) is 8.42. The van der Waals surface area contributed by atoms with Crippen LogP contribution >= 0.6 is 12.4 Å². The van der Waals surface area contributed by atoms with Crippen LogP contribution in [0, 0.1) is 0 Å². The minimum Gasteiger partial charge on any atom is -0.351 e. The van der Waals surface area contributed by atoms with Crippen LogP contribution in [-0.4, -0.2) is 27.9 Å². The van der Waals surface area contributed by atoms with E-state index in [9.17, 15) is 4.79 Å². The largest absolute Gasteiger partial charge is 0.351 e. The zero-order valence-electron chi connectivity index (χ0n) is 7.30. The molecule has 0 bridgehead atoms. The van der Waals surface area contributed by atoms with Gasteiger partial charge in [0.2, 0.25) is 0 Å². The average Bonchev–Trinajstić information content (AvgIpc) is 2.59. The molecule has 5 nitrogen and oxygen atoms in total. The first kappa shape index (κ1) is 14.1. The Morgan fingerprint density at radius 1 is 1.77 bits per heavy atom. The normalized spacial score (nSPS) is 7.15. The Bertz CT molecular complexity index is 207. The summed E-state index contributed by atoms with van der Waals surface area (Å²) in [4.78, 5) is 17.6. The van der Waals surface area contributed by atoms with Crippen LogP contribution in [-0.2, 0) is 0 Å². The molecule has 0 aliphatic carbocycles. The Balaban J connectivity index is 0. The molecule has 74 valence electrons. The summed E-state index contributed by atoms with van der Waals surface area (Å²) in [6, 6.07) is -0.491. The van der Waals surface area contributed by atoms with E-state index >= 15 is 0 Å². The Morgan fingerprint density at radius 3 is 2.46 bits per heavy atom. The van der Waals surface area contributed by atoms with E-state index in [2.05, 4.69) is 16.5 Å². The first-order chi connectivity index (χ1) is 5.68. The number of carbonyl (C=O) groups is 1. The summed E-state index contributed by atoms with van der Waals surface area (Å²) in [5.74, 6) is 0. The van der Waals surface area contributed by atoms with Crippen molar-refractivity contribution in [3.8, 4) is 0 Å². The maximum Gasteiger partial charge on any atom is 0.318 e. The van der Waals surface area contributed by atoms with E-state index < -0.39 is 6.03 Å². The summed E-state index contributed by atoms with van der Waals surface area (Å²) in [6.07, 6.45) is 6.43. The van der Waals surface area contributed by atoms with Crippen LogP contribution in [0.15, 0.2) is 31.5 Å². The number of nitrogens with one attached hydrogen (secondary N) is 1. The van der Waals surface area contributed by atoms with Gasteiger partial charge in [0.15, 0.2) is 0 Å². The minimum absolute atomic E-state index is 0. The average molecular weight is 205 g/mol. The summed E-state index contributed by atoms with van der Waals surface area (Å²) < 4.78 is 0. The number of nitrogens with two attached hydrogens (primary N) is 1. The molecule has 6 heteroatoms. The van der Waals surface area contributed by atoms with Gasteiger partial charge in [-0.05, 0) is 0 Å². The van der Waals surface area contributed by atoms with Crippen molar-refractivity contribution in [2.24, 2.45) is 5.73 Å². The van der Waals surface area contributed by atoms with Crippen molar-refractivity contribution in [3.63, 3.8) is 0 Å². The lowest BCUT2D eigenvalue weighted by Crippen LogP contribution is -2.26. The summed E-state index contributed by atoms with van der Waals surface area (Å²) in [7, 11) is 1.54. The molecule has 0 fully saturated rings. The molecule has 13 heavy (non-hydrogen) atoms. The van der Waals surface area contributed by atoms with Crippen LogP contribution in [0.2, 0.25) is 0 Å². The number of rotatable bonds is 1. The highest BCUT2D eigenvalue weighted by molar-refractivity contribution is 5.85. The first-order valence-corrected chi connectivity index (χ1v) is 3.26. The molecule has 0 aliphatic heterocycles. The second-order valence-corrected chi connectivity index (χ2v) is 1.89. The van der Waals surface area contributed by atoms with Gasteiger partial charge < -0.3 is 15.6 Å². The van der Waals surface area contributed by atoms with Gasteiger partial charge in [-0.3, -0.25) is 0 Å². The Labute approximate surface area is 83.1 Å². The molecular formula is C7H13ClN4O. The second-order valence-electron chi connectivity index (χ2n) is 1.89. The number of hydrogen-bond donors (Lipinski definition) is 2. The van der Waals surface area contributed by atoms with E-state index in [1.54, 1.807) is 18.7 Å². The first-order valence-electron chi connectivity index (χ1n) is 3.26. The predicted molar refractivity (Wildman–Crippen MR) is 53.4 cm³/mol. The summed E-state index contributed by atoms with van der Waals surface area (Å²) in [5.41, 5.74) is 4.76. The van der Waals surface area contributed by atoms with Crippen LogP contribution in [0.25, 0.3) is 0 Å². The highest BCUT2D eigenvalue weighted by Gasteiger charge is 1.91. The Kier molecular flexibility index (Phi) is 9.31. The van der Waals surface area contributed by atoms with Crippen molar-refractivity contribution in [2.45, 2.75) is 0 Å². The molecule has 0 aliphatic rings. The van der Waals surface area contributed by atoms with E-state index in [4.69, 9.17) is 5.73 Å². The Morgan fingerprint density at radius 2 is 2.38 bits per heavy atom. The summed E-state index contributed by atoms with van der Waals surface area (Å²) >= 11 is 0. The third-order valence-corrected chi connectivity index (χ3v) is 1.03. The van der Waals surface area contributed by atoms with E-state index in [0.29, 0.717) is 0 Å². The van der Waals surface area contributed by atoms with E-state index in [0.717, 1.165) is 0 Å². The SMILES string of the molecule is C=CN(C)C(N)=O.Cl.c1c[nH]cn1. The molecule has 0 aromatic carbocycles. The van der Waals surface area contributed by atoms with Gasteiger partial charge in [0.25, 0.3) is 0 Å². The molecular weight excluding hydrogens is 192 g/mol. The Hall–Kier alpha value is -1.49. The number of urea groups is 1. The minimum atomic E-state index is -0.491. The molecule has 1 aromatic rings. The number of aromatic amines is 1. The summed E-state index contributed by atoms with van der Waals surface area (Å²) in [5, 5.41) is 0. The van der Waals surface area contributed by atoms with Crippen molar-refractivity contribution in [1.29, 1.82) is 0 Å². The molecule has 0 radical (unpaired) electrons. The number of halogens is 1. The van der Waals surface area contributed by atoms with Gasteiger partial charge in [0.05, 0.1) is 6.33 Å². The van der Waals surface area contributed by atoms with Gasteiger partial charge in [-0.1, -0.05) is 6.58 Å². The molecule has 0 unspecified atom stereocenters. The number of H-pyrrole nitrogens is 1. The number of hydrogen-bond acceptors (Lipinski definition) is 2. The van der Waals surface area contributed by atoms with Crippen molar-refractivity contribution in [2.75, 3.05) is 7.05 Å². The third-order valence-electron chi connectivity index (χ3n) is 1.03. The monoisotopic (exact) mass is 204 g/mol. The van der Waals surface area contributed by atoms with E-state index in [1.807, 2.05) is 0 Å². The zero-order valence-corrected chi connectivity index (χ0v) is 8.12. The number of imidazole rings is 1. The van der Waals surface area contributed by atoms with Gasteiger partial charge >= 0.3 is 6.03 Å². The van der Waals surface area contributed by atoms with E-state index in [1.165, 1.54) is 18.1 Å². The molecule has 0 spiro atoms. The number of carbonyl (C=O) groups excluding carboxylic acids is 1. The van der Waals surface area contributed by atoms with Gasteiger partial charge in [-0.15, -0.1) is 12.4 Å². The molecule has 1 rings (SSSR count). The quantitative estimate of drug-likeness (QED) is 0.716. The van der Waals surface area contributed by atoms with Crippen molar-refractivity contribution < 1.29 is 4.79 Å². The number of amides is 2. The maximum atomic E-state index is 10.0. The molecule has 0 atom stereocenters. The summed E-state index contributed by atoms with van der Waals surface area (Å²) in [6.45, 7) is 3.31. The topological polar surface area (TPSA) is 75.0 Å². The zero-order chi connectivity index (χ0) is 9.40. The van der Waals surface area contributed by atoms with E-state index in [-0.39, 0.29) is 12.4 Å². The van der Waals surface area contributed by atoms with Gasteiger partial charge in [0.1, 0.15) is 0 Å². The maximum absolute atomic E-state index is 10.0. The fourth-order valence-corrected chi connectivity index (χ4v) is 0.305. The lowest BCUT2D eigenvalue weighted by Gasteiger charge is -2.03. The molecule has 1 heterocycles. The van der Waals surface area contributed by atoms with Crippen molar-refractivity contribution in [3.05, 3.63) is 31.5 Å². The van der Waals surface area contributed by atoms with Gasteiger partial charge in [-0.25, -0.2) is 9.78 Å². The van der Waals surface area contributed by atoms with Crippen molar-refractivity contribution >= 4 is 18.4 Å². The van der Waals surface area contributed by atoms with Crippen LogP contribution in [0.5, 0.6) is 0 Å². The van der Waals surface area contributed by atoms with Crippen LogP contribution in [0.1, 0.15) is 0 Å². The van der Waals surface area contributed by atoms with Crippen LogP contribution in [0.4, 0.5) is 4.79 Å². The van der Waals surface area contributed by atoms with Gasteiger partial charge in [-0.2, -0.15) is 0 Å². The lowest BCUT2D eigenvalue weighted by molar-refractivity contribution is 0.231. The highest BCUT2D eigenvalue weighted by Crippen LogP contribution is 1.76. The molecule has 0 saturated carbocycles. The highest BCUT2D eigenvalue weighted by atomic mass is 35.5.